The Morgan fingerprint density at radius 2 is 1.77 bits per heavy atom. The summed E-state index contributed by atoms with van der Waals surface area (Å²) in [6, 6.07) is 13.8. The summed E-state index contributed by atoms with van der Waals surface area (Å²) < 4.78 is 38.0. The van der Waals surface area contributed by atoms with Crippen molar-refractivity contribution in [2.75, 3.05) is 6.61 Å². The maximum Gasteiger partial charge on any atom is 0.416 e. The van der Waals surface area contributed by atoms with E-state index in [1.807, 2.05) is 30.3 Å². The van der Waals surface area contributed by atoms with Gasteiger partial charge in [-0.2, -0.15) is 13.2 Å². The highest BCUT2D eigenvalue weighted by atomic mass is 19.4. The molecule has 2 aromatic carbocycles. The number of benzene rings is 2. The van der Waals surface area contributed by atoms with Gasteiger partial charge in [0.25, 0.3) is 0 Å². The van der Waals surface area contributed by atoms with E-state index in [9.17, 15) is 18.3 Å². The van der Waals surface area contributed by atoms with E-state index in [0.717, 1.165) is 17.7 Å². The van der Waals surface area contributed by atoms with Crippen LogP contribution in [0.4, 0.5) is 13.2 Å². The van der Waals surface area contributed by atoms with Gasteiger partial charge < -0.3 is 9.94 Å². The molecular formula is C16H14F3NO2. The van der Waals surface area contributed by atoms with Gasteiger partial charge in [-0.25, -0.2) is 0 Å². The molecule has 0 aliphatic carbocycles. The van der Waals surface area contributed by atoms with Crippen LogP contribution < -0.4 is 0 Å². The van der Waals surface area contributed by atoms with Gasteiger partial charge in [-0.3, -0.25) is 0 Å². The van der Waals surface area contributed by atoms with Crippen LogP contribution in [0.15, 0.2) is 59.8 Å². The molecule has 0 atom stereocenters. The third-order valence-electron chi connectivity index (χ3n) is 2.92. The van der Waals surface area contributed by atoms with Gasteiger partial charge in [-0.15, -0.1) is 0 Å². The van der Waals surface area contributed by atoms with Crippen molar-refractivity contribution in [3.63, 3.8) is 0 Å². The van der Waals surface area contributed by atoms with E-state index < -0.39 is 18.3 Å². The molecule has 0 unspecified atom stereocenters. The second-order valence-electron chi connectivity index (χ2n) is 4.53. The molecule has 0 saturated heterocycles. The lowest BCUT2D eigenvalue weighted by molar-refractivity contribution is -0.137. The predicted octanol–water partition coefficient (Wildman–Crippen LogP) is 3.62. The molecule has 22 heavy (non-hydrogen) atoms. The van der Waals surface area contributed by atoms with Crippen LogP contribution in [0, 0.1) is 0 Å². The van der Waals surface area contributed by atoms with Crippen LogP contribution in [0.25, 0.3) is 0 Å². The van der Waals surface area contributed by atoms with E-state index in [-0.39, 0.29) is 17.9 Å². The number of oxime groups is 1. The standard InChI is InChI=1S/C16H14F3NO2/c17-16(18,19)14-8-4-7-13(9-14)15(10-21)20-22-11-12-5-2-1-3-6-12/h1-9,21H,10-11H2. The Kier molecular flexibility index (Phi) is 5.16. The molecular weight excluding hydrogens is 295 g/mol. The van der Waals surface area contributed by atoms with E-state index in [1.54, 1.807) is 0 Å². The Labute approximate surface area is 125 Å². The van der Waals surface area contributed by atoms with Gasteiger partial charge in [0.05, 0.1) is 12.2 Å². The van der Waals surface area contributed by atoms with Crippen LogP contribution in [0.3, 0.4) is 0 Å². The van der Waals surface area contributed by atoms with Gasteiger partial charge >= 0.3 is 6.18 Å². The van der Waals surface area contributed by atoms with Crippen LogP contribution in [0.1, 0.15) is 16.7 Å². The molecule has 6 heteroatoms. The van der Waals surface area contributed by atoms with E-state index in [1.165, 1.54) is 12.1 Å². The van der Waals surface area contributed by atoms with Gasteiger partial charge in [0.1, 0.15) is 12.3 Å². The molecule has 2 rings (SSSR count). The van der Waals surface area contributed by atoms with Gasteiger partial charge in [0.2, 0.25) is 0 Å². The summed E-state index contributed by atoms with van der Waals surface area (Å²) in [5.74, 6) is 0. The minimum absolute atomic E-state index is 0.0435. The van der Waals surface area contributed by atoms with Crippen molar-refractivity contribution in [1.29, 1.82) is 0 Å². The monoisotopic (exact) mass is 309 g/mol. The zero-order valence-electron chi connectivity index (χ0n) is 11.5. The molecule has 0 radical (unpaired) electrons. The molecule has 0 aliphatic heterocycles. The number of hydrogen-bond acceptors (Lipinski definition) is 3. The topological polar surface area (TPSA) is 41.8 Å². The van der Waals surface area contributed by atoms with Crippen LogP contribution in [0.2, 0.25) is 0 Å². The number of aliphatic hydroxyl groups excluding tert-OH is 1. The Morgan fingerprint density at radius 3 is 2.41 bits per heavy atom. The summed E-state index contributed by atoms with van der Waals surface area (Å²) in [7, 11) is 0. The lowest BCUT2D eigenvalue weighted by Crippen LogP contribution is -2.11. The third-order valence-corrected chi connectivity index (χ3v) is 2.92. The molecule has 0 heterocycles. The maximum atomic E-state index is 12.7. The lowest BCUT2D eigenvalue weighted by atomic mass is 10.1. The van der Waals surface area contributed by atoms with Crippen molar-refractivity contribution in [2.24, 2.45) is 5.16 Å². The summed E-state index contributed by atoms with van der Waals surface area (Å²) in [6.45, 7) is -0.348. The van der Waals surface area contributed by atoms with E-state index in [0.29, 0.717) is 0 Å². The Balaban J connectivity index is 2.12. The number of nitrogens with zero attached hydrogens (tertiary/aromatic N) is 1. The summed E-state index contributed by atoms with van der Waals surface area (Å²) in [6.07, 6.45) is -4.44. The zero-order valence-corrected chi connectivity index (χ0v) is 11.5. The zero-order chi connectivity index (χ0) is 16.0. The number of alkyl halides is 3. The van der Waals surface area contributed by atoms with Crippen molar-refractivity contribution >= 4 is 5.71 Å². The second-order valence-corrected chi connectivity index (χ2v) is 4.53. The van der Waals surface area contributed by atoms with E-state index in [4.69, 9.17) is 4.84 Å². The highest BCUT2D eigenvalue weighted by molar-refractivity contribution is 6.01. The maximum absolute atomic E-state index is 12.7. The highest BCUT2D eigenvalue weighted by Gasteiger charge is 2.30. The SMILES string of the molecule is OCC(=NOCc1ccccc1)c1cccc(C(F)(F)F)c1. The Morgan fingerprint density at radius 1 is 1.05 bits per heavy atom. The van der Waals surface area contributed by atoms with Gasteiger partial charge in [-0.05, 0) is 17.7 Å². The summed E-state index contributed by atoms with van der Waals surface area (Å²) in [5.41, 5.74) is 0.286. The number of aliphatic hydroxyl groups is 1. The molecule has 2 aromatic rings. The van der Waals surface area contributed by atoms with Crippen molar-refractivity contribution in [3.05, 3.63) is 71.3 Å². The predicted molar refractivity (Wildman–Crippen MR) is 76.3 cm³/mol. The number of hydrogen-bond donors (Lipinski definition) is 1. The van der Waals surface area contributed by atoms with Crippen LogP contribution in [0.5, 0.6) is 0 Å². The minimum atomic E-state index is -4.44. The minimum Gasteiger partial charge on any atom is -0.391 e. The highest BCUT2D eigenvalue weighted by Crippen LogP contribution is 2.29. The van der Waals surface area contributed by atoms with Crippen LogP contribution >= 0.6 is 0 Å². The molecule has 0 amide bonds. The second kappa shape index (κ2) is 7.09. The summed E-state index contributed by atoms with van der Waals surface area (Å²) >= 11 is 0. The van der Waals surface area contributed by atoms with Crippen molar-refractivity contribution in [2.45, 2.75) is 12.8 Å². The fourth-order valence-corrected chi connectivity index (χ4v) is 1.81. The average molecular weight is 309 g/mol. The largest absolute Gasteiger partial charge is 0.416 e. The molecule has 0 bridgehead atoms. The summed E-state index contributed by atoms with van der Waals surface area (Å²) in [5, 5.41) is 13.0. The molecule has 1 N–H and O–H groups in total. The first-order valence-corrected chi connectivity index (χ1v) is 6.52. The quantitative estimate of drug-likeness (QED) is 0.677. The average Bonchev–Trinajstić information content (AvgIpc) is 2.52. The molecule has 0 aromatic heterocycles. The molecule has 0 spiro atoms. The summed E-state index contributed by atoms with van der Waals surface area (Å²) in [4.78, 5) is 5.10. The first kappa shape index (κ1) is 16.0. The number of rotatable bonds is 5. The fourth-order valence-electron chi connectivity index (χ4n) is 1.81. The van der Waals surface area contributed by atoms with Gasteiger partial charge in [0.15, 0.2) is 0 Å². The number of halogens is 3. The Hall–Kier alpha value is -2.34. The van der Waals surface area contributed by atoms with Gasteiger partial charge in [-0.1, -0.05) is 47.6 Å². The molecule has 0 fully saturated rings. The van der Waals surface area contributed by atoms with Crippen LogP contribution in [-0.4, -0.2) is 17.4 Å². The Bertz CT molecular complexity index is 639. The van der Waals surface area contributed by atoms with Crippen molar-refractivity contribution < 1.29 is 23.1 Å². The van der Waals surface area contributed by atoms with Crippen LogP contribution in [-0.2, 0) is 17.6 Å². The fraction of sp³-hybridized carbons (Fsp3) is 0.188. The third kappa shape index (κ3) is 4.33. The molecule has 0 aliphatic rings. The molecule has 3 nitrogen and oxygen atoms in total. The van der Waals surface area contributed by atoms with Gasteiger partial charge in [0, 0.05) is 5.56 Å². The first-order valence-electron chi connectivity index (χ1n) is 6.52. The lowest BCUT2D eigenvalue weighted by Gasteiger charge is -2.09. The first-order chi connectivity index (χ1) is 10.5. The normalized spacial score (nSPS) is 12.3. The van der Waals surface area contributed by atoms with Crippen molar-refractivity contribution in [1.82, 2.24) is 0 Å². The smallest absolute Gasteiger partial charge is 0.391 e. The molecule has 116 valence electrons. The van der Waals surface area contributed by atoms with E-state index in [2.05, 4.69) is 5.16 Å². The van der Waals surface area contributed by atoms with E-state index >= 15 is 0 Å². The molecule has 0 saturated carbocycles. The van der Waals surface area contributed by atoms with Crippen molar-refractivity contribution in [3.8, 4) is 0 Å².